The number of guanidine groups is 1. The zero-order valence-corrected chi connectivity index (χ0v) is 14.3. The van der Waals surface area contributed by atoms with E-state index in [9.17, 15) is 9.90 Å². The van der Waals surface area contributed by atoms with Gasteiger partial charge in [-0.2, -0.15) is 4.99 Å². The molecule has 7 N–H and O–H groups in total. The molecule has 0 spiro atoms. The summed E-state index contributed by atoms with van der Waals surface area (Å²) >= 11 is 0. The topological polar surface area (TPSA) is 142 Å². The lowest BCUT2D eigenvalue weighted by Crippen LogP contribution is -2.43. The van der Waals surface area contributed by atoms with E-state index < -0.39 is 11.5 Å². The molecule has 0 radical (unpaired) electrons. The number of nitrogens with two attached hydrogens (primary N) is 2. The Balaban J connectivity index is 1.55. The predicted molar refractivity (Wildman–Crippen MR) is 97.5 cm³/mol. The third kappa shape index (κ3) is 2.21. The van der Waals surface area contributed by atoms with E-state index in [-0.39, 0.29) is 12.0 Å². The normalized spacial score (nSPS) is 34.3. The summed E-state index contributed by atoms with van der Waals surface area (Å²) < 4.78 is 0. The van der Waals surface area contributed by atoms with Gasteiger partial charge in [-0.1, -0.05) is 0 Å². The molecule has 5 atom stereocenters. The van der Waals surface area contributed by atoms with Crippen LogP contribution in [0.25, 0.3) is 11.0 Å². The third-order valence-electron chi connectivity index (χ3n) is 6.44. The molecule has 1 amide bonds. The van der Waals surface area contributed by atoms with Crippen LogP contribution < -0.4 is 16.8 Å². The van der Waals surface area contributed by atoms with E-state index >= 15 is 0 Å². The minimum Gasteiger partial charge on any atom is -0.390 e. The first-order valence-corrected chi connectivity index (χ1v) is 9.02. The Bertz CT molecular complexity index is 929. The first kappa shape index (κ1) is 15.6. The minimum absolute atomic E-state index is 0.244. The van der Waals surface area contributed by atoms with E-state index in [4.69, 9.17) is 11.5 Å². The minimum atomic E-state index is -0.505. The fourth-order valence-corrected chi connectivity index (χ4v) is 5.65. The van der Waals surface area contributed by atoms with Gasteiger partial charge in [0.15, 0.2) is 5.96 Å². The summed E-state index contributed by atoms with van der Waals surface area (Å²) in [6.07, 6.45) is 7.02. The van der Waals surface area contributed by atoms with Crippen molar-refractivity contribution in [1.29, 1.82) is 0 Å². The highest BCUT2D eigenvalue weighted by atomic mass is 16.3. The van der Waals surface area contributed by atoms with Gasteiger partial charge in [0.2, 0.25) is 0 Å². The number of pyridine rings is 1. The van der Waals surface area contributed by atoms with Gasteiger partial charge in [0.25, 0.3) is 5.91 Å². The van der Waals surface area contributed by atoms with Gasteiger partial charge in [0, 0.05) is 23.8 Å². The van der Waals surface area contributed by atoms with Crippen LogP contribution in [0.5, 0.6) is 0 Å². The predicted octanol–water partition coefficient (Wildman–Crippen LogP) is 0.938. The number of nitrogens with zero attached hydrogens (tertiary/aromatic N) is 2. The number of H-pyrrole nitrogens is 1. The maximum absolute atomic E-state index is 12.5. The van der Waals surface area contributed by atoms with Gasteiger partial charge in [-0.15, -0.1) is 0 Å². The lowest BCUT2D eigenvalue weighted by atomic mass is 9.76. The second kappa shape index (κ2) is 5.20. The third-order valence-corrected chi connectivity index (χ3v) is 6.44. The SMILES string of the molecule is NC(N)=NC(=O)c1cnc2[nH]ccc2c1N[C@@H]1C2C[C@@]3(O)CC2C[C@@H]1C3. The average molecular weight is 354 g/mol. The van der Waals surface area contributed by atoms with Crippen LogP contribution in [0, 0.1) is 17.8 Å². The standard InChI is InChI=1S/C18H22N6O2/c19-17(20)24-16(25)12-7-22-15-10(1-2-21-15)14(12)23-13-9-3-8-4-18(26,5-9)6-11(8)13/h1-2,7-9,11,13,26H,3-6H2,(H2,21,22,23)(H4,19,20,24,25)/t8?,9-,11?,13+,18-/m1/s1. The van der Waals surface area contributed by atoms with Gasteiger partial charge in [0.1, 0.15) is 5.65 Å². The van der Waals surface area contributed by atoms with Gasteiger partial charge in [-0.05, 0) is 49.5 Å². The number of hydrogen-bond donors (Lipinski definition) is 5. The summed E-state index contributed by atoms with van der Waals surface area (Å²) in [6.45, 7) is 0. The number of aromatic nitrogens is 2. The van der Waals surface area contributed by atoms with Crippen LogP contribution in [0.15, 0.2) is 23.5 Å². The Labute approximate surface area is 150 Å². The number of rotatable bonds is 3. The smallest absolute Gasteiger partial charge is 0.283 e. The second-order valence-electron chi connectivity index (χ2n) is 8.06. The number of aliphatic imine (C=N–C) groups is 1. The summed E-state index contributed by atoms with van der Waals surface area (Å²) in [6, 6.07) is 2.14. The summed E-state index contributed by atoms with van der Waals surface area (Å²) in [5.74, 6) is 0.652. The molecule has 4 aliphatic rings. The zero-order valence-electron chi connectivity index (χ0n) is 14.3. The maximum Gasteiger partial charge on any atom is 0.283 e. The molecule has 2 aromatic rings. The van der Waals surface area contributed by atoms with E-state index in [1.54, 1.807) is 6.20 Å². The molecule has 2 aromatic heterocycles. The summed E-state index contributed by atoms with van der Waals surface area (Å²) in [5, 5.41) is 15.1. The maximum atomic E-state index is 12.5. The Morgan fingerprint density at radius 2 is 2.15 bits per heavy atom. The van der Waals surface area contributed by atoms with Crippen molar-refractivity contribution in [3.8, 4) is 0 Å². The Morgan fingerprint density at radius 3 is 2.92 bits per heavy atom. The van der Waals surface area contributed by atoms with Gasteiger partial charge in [-0.25, -0.2) is 4.98 Å². The number of fused-ring (bicyclic) bond motifs is 1. The molecule has 26 heavy (non-hydrogen) atoms. The summed E-state index contributed by atoms with van der Waals surface area (Å²) in [7, 11) is 0. The molecule has 4 aliphatic carbocycles. The molecule has 0 saturated heterocycles. The largest absolute Gasteiger partial charge is 0.390 e. The molecule has 0 aromatic carbocycles. The molecule has 4 fully saturated rings. The molecule has 8 heteroatoms. The second-order valence-corrected chi connectivity index (χ2v) is 8.06. The quantitative estimate of drug-likeness (QED) is 0.410. The molecule has 4 bridgehead atoms. The van der Waals surface area contributed by atoms with Crippen molar-refractivity contribution in [2.75, 3.05) is 5.32 Å². The lowest BCUT2D eigenvalue weighted by molar-refractivity contribution is -0.0140. The highest BCUT2D eigenvalue weighted by Crippen LogP contribution is 2.60. The van der Waals surface area contributed by atoms with Crippen LogP contribution in [0.4, 0.5) is 5.69 Å². The first-order chi connectivity index (χ1) is 12.4. The van der Waals surface area contributed by atoms with Crippen LogP contribution in [0.3, 0.4) is 0 Å². The summed E-state index contributed by atoms with van der Waals surface area (Å²) in [5.41, 5.74) is 12.1. The molecular formula is C18H22N6O2. The van der Waals surface area contributed by atoms with E-state index in [1.165, 1.54) is 6.20 Å². The number of carbonyl (C=O) groups excluding carboxylic acids is 1. The molecule has 6 rings (SSSR count). The number of hydrogen-bond acceptors (Lipinski definition) is 4. The number of carbonyl (C=O) groups is 1. The van der Waals surface area contributed by atoms with Crippen LogP contribution in [0.1, 0.15) is 36.0 Å². The van der Waals surface area contributed by atoms with E-state index in [1.807, 2.05) is 6.07 Å². The molecule has 2 unspecified atom stereocenters. The number of nitrogens with one attached hydrogen (secondary N) is 2. The van der Waals surface area contributed by atoms with Crippen molar-refractivity contribution in [3.05, 3.63) is 24.0 Å². The fraction of sp³-hybridized carbons (Fsp3) is 0.500. The van der Waals surface area contributed by atoms with Gasteiger partial charge in [-0.3, -0.25) is 4.79 Å². The first-order valence-electron chi connectivity index (χ1n) is 9.02. The van der Waals surface area contributed by atoms with Gasteiger partial charge < -0.3 is 26.9 Å². The van der Waals surface area contributed by atoms with Crippen LogP contribution in [-0.4, -0.2) is 38.6 Å². The number of amides is 1. The van der Waals surface area contributed by atoms with Crippen molar-refractivity contribution >= 4 is 28.6 Å². The highest BCUT2D eigenvalue weighted by Gasteiger charge is 2.60. The highest BCUT2D eigenvalue weighted by molar-refractivity contribution is 6.10. The Kier molecular flexibility index (Phi) is 3.13. The van der Waals surface area contributed by atoms with Crippen LogP contribution in [0.2, 0.25) is 0 Å². The van der Waals surface area contributed by atoms with Crippen molar-refractivity contribution in [2.24, 2.45) is 34.2 Å². The van der Waals surface area contributed by atoms with E-state index in [0.29, 0.717) is 29.0 Å². The fourth-order valence-electron chi connectivity index (χ4n) is 5.65. The molecule has 8 nitrogen and oxygen atoms in total. The zero-order chi connectivity index (χ0) is 18.1. The molecule has 136 valence electrons. The molecular weight excluding hydrogens is 332 g/mol. The molecule has 2 heterocycles. The molecule has 0 aliphatic heterocycles. The van der Waals surface area contributed by atoms with Crippen molar-refractivity contribution in [3.63, 3.8) is 0 Å². The average Bonchev–Trinajstić information content (AvgIpc) is 3.19. The summed E-state index contributed by atoms with van der Waals surface area (Å²) in [4.78, 5) is 23.6. The van der Waals surface area contributed by atoms with Crippen molar-refractivity contribution < 1.29 is 9.90 Å². The van der Waals surface area contributed by atoms with Crippen LogP contribution >= 0.6 is 0 Å². The number of anilines is 1. The monoisotopic (exact) mass is 354 g/mol. The van der Waals surface area contributed by atoms with Gasteiger partial charge in [0.05, 0.1) is 16.9 Å². The number of aliphatic hydroxyl groups is 1. The van der Waals surface area contributed by atoms with Crippen molar-refractivity contribution in [1.82, 2.24) is 9.97 Å². The van der Waals surface area contributed by atoms with Crippen molar-refractivity contribution in [2.45, 2.75) is 37.3 Å². The van der Waals surface area contributed by atoms with E-state index in [0.717, 1.165) is 36.8 Å². The molecule has 4 saturated carbocycles. The van der Waals surface area contributed by atoms with E-state index in [2.05, 4.69) is 20.3 Å². The lowest BCUT2D eigenvalue weighted by Gasteiger charge is -2.39. The Morgan fingerprint density at radius 1 is 1.35 bits per heavy atom. The van der Waals surface area contributed by atoms with Crippen LogP contribution in [-0.2, 0) is 0 Å². The number of aromatic amines is 1. The Hall–Kier alpha value is -2.61. The van der Waals surface area contributed by atoms with Gasteiger partial charge >= 0.3 is 0 Å².